The Hall–Kier alpha value is -0.120. The summed E-state index contributed by atoms with van der Waals surface area (Å²) in [5, 5.41) is 6.93. The number of hydrogen-bond acceptors (Lipinski definition) is 3. The third-order valence-corrected chi connectivity index (χ3v) is 2.96. The average molecular weight is 184 g/mol. The highest BCUT2D eigenvalue weighted by Gasteiger charge is 2.20. The zero-order valence-electron chi connectivity index (χ0n) is 8.22. The Morgan fingerprint density at radius 3 is 2.92 bits per heavy atom. The summed E-state index contributed by atoms with van der Waals surface area (Å²) < 4.78 is 5.68. The fourth-order valence-electron chi connectivity index (χ4n) is 2.21. The maximum atomic E-state index is 5.68. The van der Waals surface area contributed by atoms with Crippen molar-refractivity contribution in [2.75, 3.05) is 26.2 Å². The van der Waals surface area contributed by atoms with Crippen molar-refractivity contribution in [3.63, 3.8) is 0 Å². The number of nitrogens with one attached hydrogen (secondary N) is 2. The van der Waals surface area contributed by atoms with E-state index in [4.69, 9.17) is 4.74 Å². The van der Waals surface area contributed by atoms with Gasteiger partial charge in [-0.15, -0.1) is 0 Å². The first-order chi connectivity index (χ1) is 6.45. The van der Waals surface area contributed by atoms with E-state index >= 15 is 0 Å². The van der Waals surface area contributed by atoms with E-state index in [9.17, 15) is 0 Å². The van der Waals surface area contributed by atoms with E-state index in [0.29, 0.717) is 12.1 Å². The van der Waals surface area contributed by atoms with Gasteiger partial charge in [0.15, 0.2) is 0 Å². The van der Waals surface area contributed by atoms with E-state index < -0.39 is 0 Å². The molecule has 2 fully saturated rings. The molecular formula is C10H20N2O. The standard InChI is InChI=1S/C10H20N2O/c1-2-4-12-9(3-1)7-10-8-11-5-6-13-10/h9-12H,1-8H2. The Kier molecular flexibility index (Phi) is 3.58. The van der Waals surface area contributed by atoms with E-state index in [1.54, 1.807) is 0 Å². The van der Waals surface area contributed by atoms with Crippen LogP contribution < -0.4 is 10.6 Å². The molecule has 2 aliphatic heterocycles. The number of morpholine rings is 1. The van der Waals surface area contributed by atoms with Gasteiger partial charge in [-0.2, -0.15) is 0 Å². The molecule has 3 heteroatoms. The topological polar surface area (TPSA) is 33.3 Å². The molecule has 76 valence electrons. The summed E-state index contributed by atoms with van der Waals surface area (Å²) >= 11 is 0. The van der Waals surface area contributed by atoms with Crippen molar-refractivity contribution in [3.8, 4) is 0 Å². The Labute approximate surface area is 80.2 Å². The van der Waals surface area contributed by atoms with Crippen molar-refractivity contribution in [1.29, 1.82) is 0 Å². The minimum absolute atomic E-state index is 0.448. The number of piperidine rings is 1. The predicted molar refractivity (Wildman–Crippen MR) is 52.9 cm³/mol. The van der Waals surface area contributed by atoms with E-state index in [2.05, 4.69) is 10.6 Å². The maximum Gasteiger partial charge on any atom is 0.0714 e. The molecule has 0 amide bonds. The molecule has 13 heavy (non-hydrogen) atoms. The van der Waals surface area contributed by atoms with Gasteiger partial charge in [-0.25, -0.2) is 0 Å². The summed E-state index contributed by atoms with van der Waals surface area (Å²) in [7, 11) is 0. The van der Waals surface area contributed by atoms with Gasteiger partial charge >= 0.3 is 0 Å². The molecule has 0 aromatic rings. The van der Waals surface area contributed by atoms with Crippen LogP contribution in [0.2, 0.25) is 0 Å². The van der Waals surface area contributed by atoms with Crippen LogP contribution in [-0.4, -0.2) is 38.4 Å². The van der Waals surface area contributed by atoms with Crippen LogP contribution in [0.4, 0.5) is 0 Å². The molecule has 2 heterocycles. The zero-order valence-corrected chi connectivity index (χ0v) is 8.22. The molecule has 0 spiro atoms. The normalized spacial score (nSPS) is 36.0. The van der Waals surface area contributed by atoms with Crippen LogP contribution in [0.3, 0.4) is 0 Å². The largest absolute Gasteiger partial charge is 0.376 e. The van der Waals surface area contributed by atoms with Crippen LogP contribution in [0.1, 0.15) is 25.7 Å². The Morgan fingerprint density at radius 1 is 1.23 bits per heavy atom. The van der Waals surface area contributed by atoms with Crippen LogP contribution in [0, 0.1) is 0 Å². The molecule has 2 N–H and O–H groups in total. The summed E-state index contributed by atoms with van der Waals surface area (Å²) in [5.41, 5.74) is 0. The van der Waals surface area contributed by atoms with Crippen molar-refractivity contribution >= 4 is 0 Å². The lowest BCUT2D eigenvalue weighted by Crippen LogP contribution is -2.44. The van der Waals surface area contributed by atoms with Gasteiger partial charge in [0.1, 0.15) is 0 Å². The van der Waals surface area contributed by atoms with Gasteiger partial charge in [-0.05, 0) is 25.8 Å². The molecule has 0 aromatic carbocycles. The molecule has 2 aliphatic rings. The van der Waals surface area contributed by atoms with E-state index in [1.165, 1.54) is 32.2 Å². The van der Waals surface area contributed by atoms with E-state index in [-0.39, 0.29) is 0 Å². The number of rotatable bonds is 2. The first kappa shape index (κ1) is 9.44. The monoisotopic (exact) mass is 184 g/mol. The van der Waals surface area contributed by atoms with Crippen LogP contribution in [-0.2, 0) is 4.74 Å². The van der Waals surface area contributed by atoms with Gasteiger partial charge in [-0.1, -0.05) is 6.42 Å². The third kappa shape index (κ3) is 2.93. The highest BCUT2D eigenvalue weighted by molar-refractivity contribution is 4.78. The first-order valence-electron chi connectivity index (χ1n) is 5.51. The van der Waals surface area contributed by atoms with Crippen molar-refractivity contribution in [3.05, 3.63) is 0 Å². The molecular weight excluding hydrogens is 164 g/mol. The number of hydrogen-bond donors (Lipinski definition) is 2. The highest BCUT2D eigenvalue weighted by atomic mass is 16.5. The van der Waals surface area contributed by atoms with Gasteiger partial charge < -0.3 is 15.4 Å². The van der Waals surface area contributed by atoms with Crippen LogP contribution in [0.15, 0.2) is 0 Å². The lowest BCUT2D eigenvalue weighted by Gasteiger charge is -2.30. The second-order valence-electron chi connectivity index (χ2n) is 4.08. The lowest BCUT2D eigenvalue weighted by atomic mass is 9.99. The van der Waals surface area contributed by atoms with Crippen molar-refractivity contribution in [1.82, 2.24) is 10.6 Å². The fourth-order valence-corrected chi connectivity index (χ4v) is 2.21. The average Bonchev–Trinajstić information content (AvgIpc) is 2.21. The third-order valence-electron chi connectivity index (χ3n) is 2.96. The molecule has 0 aromatic heterocycles. The van der Waals surface area contributed by atoms with Gasteiger partial charge in [0, 0.05) is 19.1 Å². The molecule has 0 radical (unpaired) electrons. The molecule has 3 nitrogen and oxygen atoms in total. The minimum Gasteiger partial charge on any atom is -0.376 e. The minimum atomic E-state index is 0.448. The summed E-state index contributed by atoms with van der Waals surface area (Å²) in [6, 6.07) is 0.707. The molecule has 2 unspecified atom stereocenters. The molecule has 2 atom stereocenters. The molecule has 2 rings (SSSR count). The van der Waals surface area contributed by atoms with Gasteiger partial charge in [0.2, 0.25) is 0 Å². The van der Waals surface area contributed by atoms with Crippen molar-refractivity contribution in [2.45, 2.75) is 37.8 Å². The number of ether oxygens (including phenoxy) is 1. The predicted octanol–water partition coefficient (Wildman–Crippen LogP) is 0.507. The summed E-state index contributed by atoms with van der Waals surface area (Å²) in [6.45, 7) is 4.15. The second-order valence-corrected chi connectivity index (χ2v) is 4.08. The molecule has 0 saturated carbocycles. The summed E-state index contributed by atoms with van der Waals surface area (Å²) in [6.07, 6.45) is 5.70. The van der Waals surface area contributed by atoms with Crippen LogP contribution in [0.25, 0.3) is 0 Å². The lowest BCUT2D eigenvalue weighted by molar-refractivity contribution is 0.0156. The summed E-state index contributed by atoms with van der Waals surface area (Å²) in [5.74, 6) is 0. The van der Waals surface area contributed by atoms with E-state index in [0.717, 1.165) is 19.7 Å². The molecule has 0 bridgehead atoms. The SMILES string of the molecule is C1CCC(CC2CNCCO2)NC1. The Bertz CT molecular complexity index is 124. The van der Waals surface area contributed by atoms with Crippen molar-refractivity contribution < 1.29 is 4.74 Å². The van der Waals surface area contributed by atoms with Gasteiger partial charge in [-0.3, -0.25) is 0 Å². The quantitative estimate of drug-likeness (QED) is 0.656. The van der Waals surface area contributed by atoms with Crippen LogP contribution >= 0.6 is 0 Å². The van der Waals surface area contributed by atoms with Gasteiger partial charge in [0.25, 0.3) is 0 Å². The smallest absolute Gasteiger partial charge is 0.0714 e. The summed E-state index contributed by atoms with van der Waals surface area (Å²) in [4.78, 5) is 0. The molecule has 2 saturated heterocycles. The Morgan fingerprint density at radius 2 is 2.23 bits per heavy atom. The Balaban J connectivity index is 1.69. The fraction of sp³-hybridized carbons (Fsp3) is 1.00. The van der Waals surface area contributed by atoms with Crippen molar-refractivity contribution in [2.24, 2.45) is 0 Å². The second kappa shape index (κ2) is 4.94. The molecule has 0 aliphatic carbocycles. The van der Waals surface area contributed by atoms with E-state index in [1.807, 2.05) is 0 Å². The van der Waals surface area contributed by atoms with Crippen LogP contribution in [0.5, 0.6) is 0 Å². The first-order valence-corrected chi connectivity index (χ1v) is 5.51. The van der Waals surface area contributed by atoms with Gasteiger partial charge in [0.05, 0.1) is 12.7 Å². The highest BCUT2D eigenvalue weighted by Crippen LogP contribution is 2.14. The zero-order chi connectivity index (χ0) is 8.93. The maximum absolute atomic E-state index is 5.68.